The van der Waals surface area contributed by atoms with Crippen molar-refractivity contribution in [2.45, 2.75) is 7.43 Å². The molecule has 3 rings (SSSR count). The van der Waals surface area contributed by atoms with Gasteiger partial charge in [0.25, 0.3) is 0 Å². The molecule has 0 saturated carbocycles. The van der Waals surface area contributed by atoms with Crippen LogP contribution < -0.4 is 4.90 Å². The molecular weight excluding hydrogens is 308 g/mol. The minimum atomic E-state index is 0. The summed E-state index contributed by atoms with van der Waals surface area (Å²) in [5.41, 5.74) is 4.03. The van der Waals surface area contributed by atoms with Crippen molar-refractivity contribution in [3.05, 3.63) is 64.7 Å². The number of likely N-dealkylation sites (N-methyl/N-ethyl adjacent to an activating group) is 1. The molecule has 1 heterocycles. The first-order valence-corrected chi connectivity index (χ1v) is 7.54. The molecule has 1 aliphatic heterocycles. The summed E-state index contributed by atoms with van der Waals surface area (Å²) >= 11 is 6.12. The van der Waals surface area contributed by atoms with E-state index in [1.807, 2.05) is 49.5 Å². The van der Waals surface area contributed by atoms with Gasteiger partial charge in [0.1, 0.15) is 5.75 Å². The molecule has 0 unspecified atom stereocenters. The normalized spacial score (nSPS) is 14.0. The topological polar surface area (TPSA) is 35.8 Å². The Morgan fingerprint density at radius 2 is 2.00 bits per heavy atom. The standard InChI is InChI=1S/C18H17ClN2O.CH4/c1-21-10-9-20-17(16-7-6-14(19)12-18(16)21)8-5-13-3-2-4-15(22)11-13;/h2-8,11-12,22H,9-10H2,1H3;1H4/b8-5+;. The lowest BCUT2D eigenvalue weighted by atomic mass is 10.1. The molecule has 3 nitrogen and oxygen atoms in total. The molecule has 0 bridgehead atoms. The van der Waals surface area contributed by atoms with Gasteiger partial charge in [-0.05, 0) is 42.0 Å². The Morgan fingerprint density at radius 1 is 1.17 bits per heavy atom. The molecule has 2 aromatic carbocycles. The second-order valence-corrected chi connectivity index (χ2v) is 5.71. The van der Waals surface area contributed by atoms with Crippen LogP contribution in [-0.4, -0.2) is 31.0 Å². The molecule has 0 spiro atoms. The second-order valence-electron chi connectivity index (χ2n) is 5.28. The number of aromatic hydroxyl groups is 1. The lowest BCUT2D eigenvalue weighted by molar-refractivity contribution is 0.475. The quantitative estimate of drug-likeness (QED) is 0.872. The third kappa shape index (κ3) is 3.93. The zero-order valence-corrected chi connectivity index (χ0v) is 13.1. The van der Waals surface area contributed by atoms with Crippen molar-refractivity contribution in [2.75, 3.05) is 25.0 Å². The number of halogens is 1. The van der Waals surface area contributed by atoms with E-state index in [1.54, 1.807) is 12.1 Å². The lowest BCUT2D eigenvalue weighted by Gasteiger charge is -2.19. The number of hydrogen-bond donors (Lipinski definition) is 1. The molecular formula is C19H21ClN2O. The van der Waals surface area contributed by atoms with Gasteiger partial charge in [-0.25, -0.2) is 0 Å². The van der Waals surface area contributed by atoms with Crippen LogP contribution in [-0.2, 0) is 0 Å². The summed E-state index contributed by atoms with van der Waals surface area (Å²) in [7, 11) is 2.05. The fourth-order valence-corrected chi connectivity index (χ4v) is 2.68. The van der Waals surface area contributed by atoms with Crippen molar-refractivity contribution in [3.8, 4) is 5.75 Å². The smallest absolute Gasteiger partial charge is 0.116 e. The molecule has 0 aromatic heterocycles. The van der Waals surface area contributed by atoms with Gasteiger partial charge in [0.05, 0.1) is 12.3 Å². The Hall–Kier alpha value is -2.26. The summed E-state index contributed by atoms with van der Waals surface area (Å²) in [5, 5.41) is 10.3. The third-order valence-corrected chi connectivity index (χ3v) is 3.90. The molecule has 120 valence electrons. The number of benzodiazepines with no additional fused rings is 1. The van der Waals surface area contributed by atoms with Crippen molar-refractivity contribution >= 4 is 29.1 Å². The molecule has 1 aliphatic rings. The largest absolute Gasteiger partial charge is 0.508 e. The molecule has 0 aliphatic carbocycles. The van der Waals surface area contributed by atoms with Crippen LogP contribution in [0, 0.1) is 0 Å². The minimum Gasteiger partial charge on any atom is -0.508 e. The Balaban J connectivity index is 0.00000192. The summed E-state index contributed by atoms with van der Waals surface area (Å²) in [5.74, 6) is 0.261. The summed E-state index contributed by atoms with van der Waals surface area (Å²) in [6.45, 7) is 1.60. The van der Waals surface area contributed by atoms with Gasteiger partial charge in [0, 0.05) is 29.9 Å². The van der Waals surface area contributed by atoms with Gasteiger partial charge in [-0.1, -0.05) is 37.2 Å². The zero-order chi connectivity index (χ0) is 15.5. The van der Waals surface area contributed by atoms with Crippen molar-refractivity contribution in [1.82, 2.24) is 0 Å². The molecule has 0 saturated heterocycles. The van der Waals surface area contributed by atoms with E-state index < -0.39 is 0 Å². The maximum atomic E-state index is 9.53. The third-order valence-electron chi connectivity index (χ3n) is 3.67. The number of benzene rings is 2. The SMILES string of the molecule is C.CN1CCN=C(/C=C/c2cccc(O)c2)c2ccc(Cl)cc21. The number of fused-ring (bicyclic) bond motifs is 1. The van der Waals surface area contributed by atoms with Gasteiger partial charge < -0.3 is 10.0 Å². The van der Waals surface area contributed by atoms with Crippen molar-refractivity contribution in [1.29, 1.82) is 0 Å². The van der Waals surface area contributed by atoms with E-state index in [2.05, 4.69) is 9.89 Å². The van der Waals surface area contributed by atoms with Crippen LogP contribution in [0.15, 0.2) is 53.5 Å². The van der Waals surface area contributed by atoms with Gasteiger partial charge >= 0.3 is 0 Å². The van der Waals surface area contributed by atoms with Crippen LogP contribution in [0.5, 0.6) is 5.75 Å². The summed E-state index contributed by atoms with van der Waals surface area (Å²) in [6.07, 6.45) is 3.95. The molecule has 23 heavy (non-hydrogen) atoms. The molecule has 4 heteroatoms. The van der Waals surface area contributed by atoms with E-state index in [0.717, 1.165) is 40.6 Å². The summed E-state index contributed by atoms with van der Waals surface area (Å²) < 4.78 is 0. The average Bonchev–Trinajstić information content (AvgIpc) is 2.65. The van der Waals surface area contributed by atoms with Gasteiger partial charge in [-0.15, -0.1) is 0 Å². The lowest BCUT2D eigenvalue weighted by Crippen LogP contribution is -2.20. The van der Waals surface area contributed by atoms with E-state index in [4.69, 9.17) is 11.6 Å². The predicted molar refractivity (Wildman–Crippen MR) is 100.0 cm³/mol. The predicted octanol–water partition coefficient (Wildman–Crippen LogP) is 4.63. The maximum absolute atomic E-state index is 9.53. The van der Waals surface area contributed by atoms with Crippen LogP contribution in [0.4, 0.5) is 5.69 Å². The highest BCUT2D eigenvalue weighted by Gasteiger charge is 2.14. The Bertz CT molecular complexity index is 753. The summed E-state index contributed by atoms with van der Waals surface area (Å²) in [6, 6.07) is 13.0. The maximum Gasteiger partial charge on any atom is 0.116 e. The van der Waals surface area contributed by atoms with E-state index in [1.165, 1.54) is 0 Å². The number of allylic oxidation sites excluding steroid dienone is 1. The highest BCUT2D eigenvalue weighted by Crippen LogP contribution is 2.27. The van der Waals surface area contributed by atoms with E-state index in [-0.39, 0.29) is 13.2 Å². The highest BCUT2D eigenvalue weighted by atomic mass is 35.5. The van der Waals surface area contributed by atoms with Crippen LogP contribution >= 0.6 is 11.6 Å². The molecule has 0 amide bonds. The number of nitrogens with zero attached hydrogens (tertiary/aromatic N) is 2. The summed E-state index contributed by atoms with van der Waals surface area (Å²) in [4.78, 5) is 6.83. The van der Waals surface area contributed by atoms with E-state index >= 15 is 0 Å². The van der Waals surface area contributed by atoms with Crippen LogP contribution in [0.25, 0.3) is 6.08 Å². The van der Waals surface area contributed by atoms with Crippen molar-refractivity contribution in [3.63, 3.8) is 0 Å². The first-order valence-electron chi connectivity index (χ1n) is 7.16. The fourth-order valence-electron chi connectivity index (χ4n) is 2.51. The van der Waals surface area contributed by atoms with E-state index in [0.29, 0.717) is 0 Å². The Kier molecular flexibility index (Phi) is 5.45. The minimum absolute atomic E-state index is 0. The number of hydrogen-bond acceptors (Lipinski definition) is 3. The van der Waals surface area contributed by atoms with Crippen molar-refractivity contribution in [2.24, 2.45) is 4.99 Å². The Morgan fingerprint density at radius 3 is 2.78 bits per heavy atom. The number of rotatable bonds is 2. The number of aliphatic imine (C=N–C) groups is 1. The fraction of sp³-hybridized carbons (Fsp3) is 0.211. The van der Waals surface area contributed by atoms with Crippen molar-refractivity contribution < 1.29 is 5.11 Å². The van der Waals surface area contributed by atoms with Gasteiger partial charge in [0.15, 0.2) is 0 Å². The number of phenols is 1. The monoisotopic (exact) mass is 328 g/mol. The molecule has 1 N–H and O–H groups in total. The number of anilines is 1. The average molecular weight is 329 g/mol. The van der Waals surface area contributed by atoms with Crippen LogP contribution in [0.2, 0.25) is 5.02 Å². The number of phenolic OH excluding ortho intramolecular Hbond substituents is 1. The molecule has 0 radical (unpaired) electrons. The molecule has 0 fully saturated rings. The van der Waals surface area contributed by atoms with Gasteiger partial charge in [-0.2, -0.15) is 0 Å². The first-order chi connectivity index (χ1) is 10.6. The second kappa shape index (κ2) is 7.34. The molecule has 0 atom stereocenters. The zero-order valence-electron chi connectivity index (χ0n) is 12.3. The Labute approximate surface area is 142 Å². The van der Waals surface area contributed by atoms with Crippen LogP contribution in [0.1, 0.15) is 18.6 Å². The van der Waals surface area contributed by atoms with Gasteiger partial charge in [-0.3, -0.25) is 4.99 Å². The highest BCUT2D eigenvalue weighted by molar-refractivity contribution is 6.31. The van der Waals surface area contributed by atoms with E-state index in [9.17, 15) is 5.11 Å². The van der Waals surface area contributed by atoms with Crippen LogP contribution in [0.3, 0.4) is 0 Å². The van der Waals surface area contributed by atoms with Gasteiger partial charge in [0.2, 0.25) is 0 Å². The molecule has 2 aromatic rings. The first kappa shape index (κ1) is 17.1.